The Hall–Kier alpha value is -3.27. The van der Waals surface area contributed by atoms with E-state index in [0.29, 0.717) is 30.9 Å². The number of alkyl halides is 3. The summed E-state index contributed by atoms with van der Waals surface area (Å²) in [7, 11) is 0. The highest BCUT2D eigenvalue weighted by atomic mass is 19.4. The van der Waals surface area contributed by atoms with Gasteiger partial charge in [0, 0.05) is 12.3 Å². The van der Waals surface area contributed by atoms with Gasteiger partial charge in [-0.15, -0.1) is 0 Å². The zero-order valence-corrected chi connectivity index (χ0v) is 17.1. The Morgan fingerprint density at radius 2 is 1.72 bits per heavy atom. The summed E-state index contributed by atoms with van der Waals surface area (Å²) in [6.07, 6.45) is -6.09. The normalized spacial score (nSPS) is 22.3. The minimum atomic E-state index is -4.77. The van der Waals surface area contributed by atoms with Crippen LogP contribution in [0.4, 0.5) is 24.5 Å². The third-order valence-corrected chi connectivity index (χ3v) is 5.17. The molecular formula is C22H21F3N2O5. The number of hydrogen-bond donors (Lipinski definition) is 2. The molecule has 170 valence electrons. The molecule has 2 aliphatic rings. The first-order valence-electron chi connectivity index (χ1n) is 10.1. The van der Waals surface area contributed by atoms with Crippen LogP contribution in [0.5, 0.6) is 11.5 Å². The number of ether oxygens (including phenoxy) is 3. The fraction of sp³-hybridized carbons (Fsp3) is 0.364. The minimum Gasteiger partial charge on any atom is -0.482 e. The van der Waals surface area contributed by atoms with Gasteiger partial charge in [0.05, 0.1) is 11.3 Å². The third kappa shape index (κ3) is 4.64. The maximum atomic E-state index is 13.7. The first kappa shape index (κ1) is 21.9. The minimum absolute atomic E-state index is 0.0460. The Balaban J connectivity index is 1.52. The molecule has 0 radical (unpaired) electrons. The van der Waals surface area contributed by atoms with Crippen molar-refractivity contribution in [2.45, 2.75) is 44.3 Å². The molecule has 2 aromatic carbocycles. The largest absolute Gasteiger partial charge is 0.482 e. The van der Waals surface area contributed by atoms with Crippen molar-refractivity contribution in [1.29, 1.82) is 0 Å². The lowest BCUT2D eigenvalue weighted by molar-refractivity contribution is -0.137. The molecule has 2 aliphatic heterocycles. The molecule has 32 heavy (non-hydrogen) atoms. The van der Waals surface area contributed by atoms with E-state index in [1.165, 1.54) is 6.07 Å². The van der Waals surface area contributed by atoms with Crippen molar-refractivity contribution in [3.8, 4) is 11.5 Å². The van der Waals surface area contributed by atoms with Crippen LogP contribution in [-0.4, -0.2) is 36.7 Å². The van der Waals surface area contributed by atoms with Crippen LogP contribution in [0.3, 0.4) is 0 Å². The Morgan fingerprint density at radius 1 is 1.00 bits per heavy atom. The number of nitrogens with one attached hydrogen (secondary N) is 2. The second-order valence-electron chi connectivity index (χ2n) is 7.55. The lowest BCUT2D eigenvalue weighted by Crippen LogP contribution is -2.46. The van der Waals surface area contributed by atoms with Crippen LogP contribution in [0.1, 0.15) is 25.3 Å². The van der Waals surface area contributed by atoms with Gasteiger partial charge < -0.3 is 24.8 Å². The number of amides is 2. The summed E-state index contributed by atoms with van der Waals surface area (Å²) in [6, 6.07) is 9.87. The summed E-state index contributed by atoms with van der Waals surface area (Å²) < 4.78 is 57.6. The molecule has 0 bridgehead atoms. The average molecular weight is 450 g/mol. The Labute approximate surface area is 181 Å². The average Bonchev–Trinajstić information content (AvgIpc) is 3.28. The lowest BCUT2D eigenvalue weighted by Gasteiger charge is -2.31. The quantitative estimate of drug-likeness (QED) is 0.736. The number of hydrogen-bond acceptors (Lipinski definition) is 5. The molecule has 7 nitrogen and oxygen atoms in total. The lowest BCUT2D eigenvalue weighted by atomic mass is 10.1. The van der Waals surface area contributed by atoms with E-state index in [9.17, 15) is 22.8 Å². The van der Waals surface area contributed by atoms with Crippen LogP contribution < -0.4 is 20.1 Å². The number of fused-ring (bicyclic) bond motifs is 1. The van der Waals surface area contributed by atoms with Crippen LogP contribution >= 0.6 is 0 Å². The van der Waals surface area contributed by atoms with Gasteiger partial charge in [0.15, 0.2) is 11.5 Å². The van der Waals surface area contributed by atoms with E-state index in [-0.39, 0.29) is 5.69 Å². The topological polar surface area (TPSA) is 85.9 Å². The van der Waals surface area contributed by atoms with Gasteiger partial charge in [-0.3, -0.25) is 9.59 Å². The van der Waals surface area contributed by atoms with Crippen molar-refractivity contribution >= 4 is 23.2 Å². The van der Waals surface area contributed by atoms with Crippen molar-refractivity contribution < 1.29 is 37.0 Å². The van der Waals surface area contributed by atoms with E-state index in [1.807, 2.05) is 0 Å². The molecule has 0 aliphatic carbocycles. The van der Waals surface area contributed by atoms with Crippen molar-refractivity contribution in [2.75, 3.05) is 17.2 Å². The maximum absolute atomic E-state index is 13.7. The van der Waals surface area contributed by atoms with Gasteiger partial charge >= 0.3 is 6.18 Å². The zero-order chi connectivity index (χ0) is 22.9. The standard InChI is InChI=1S/C22H21F3N2O5/c1-12-19(32-17-6-3-2-5-16(17)31-12)21(29)27-15-9-8-13(11-14(15)22(23,24)25)26-20(28)18-7-4-10-30-18/h2-3,5-6,8-9,11-12,18-19H,4,7,10H2,1H3,(H,26,28)(H,27,29)/t12-,18+,19-/m0/s1. The molecule has 2 heterocycles. The first-order chi connectivity index (χ1) is 15.2. The van der Waals surface area contributed by atoms with Crippen LogP contribution in [-0.2, 0) is 20.5 Å². The number of carbonyl (C=O) groups is 2. The van der Waals surface area contributed by atoms with E-state index in [0.717, 1.165) is 12.1 Å². The molecule has 1 saturated heterocycles. The number of anilines is 2. The summed E-state index contributed by atoms with van der Waals surface area (Å²) in [5.74, 6) is -0.512. The molecule has 3 atom stereocenters. The predicted molar refractivity (Wildman–Crippen MR) is 109 cm³/mol. The molecule has 0 aromatic heterocycles. The van der Waals surface area contributed by atoms with Crippen LogP contribution in [0, 0.1) is 0 Å². The highest BCUT2D eigenvalue weighted by Crippen LogP contribution is 2.38. The molecule has 2 N–H and O–H groups in total. The van der Waals surface area contributed by atoms with Crippen LogP contribution in [0.2, 0.25) is 0 Å². The van der Waals surface area contributed by atoms with E-state index in [4.69, 9.17) is 14.2 Å². The molecule has 0 saturated carbocycles. The van der Waals surface area contributed by atoms with Gasteiger partial charge in [0.25, 0.3) is 11.8 Å². The molecule has 1 fully saturated rings. The molecule has 2 aromatic rings. The Kier molecular flexibility index (Phi) is 5.96. The number of para-hydroxylation sites is 2. The molecule has 2 amide bonds. The second-order valence-corrected chi connectivity index (χ2v) is 7.55. The van der Waals surface area contributed by atoms with Crippen molar-refractivity contribution in [1.82, 2.24) is 0 Å². The van der Waals surface area contributed by atoms with Gasteiger partial charge in [-0.25, -0.2) is 0 Å². The molecule has 4 rings (SSSR count). The van der Waals surface area contributed by atoms with Crippen molar-refractivity contribution in [2.24, 2.45) is 0 Å². The maximum Gasteiger partial charge on any atom is 0.418 e. The number of rotatable bonds is 4. The SMILES string of the molecule is C[C@@H]1Oc2ccccc2O[C@@H]1C(=O)Nc1ccc(NC(=O)[C@H]2CCCO2)cc1C(F)(F)F. The van der Waals surface area contributed by atoms with Crippen molar-refractivity contribution in [3.05, 3.63) is 48.0 Å². The second kappa shape index (κ2) is 8.70. The summed E-state index contributed by atoms with van der Waals surface area (Å²) >= 11 is 0. The van der Waals surface area contributed by atoms with Gasteiger partial charge in [0.2, 0.25) is 6.10 Å². The smallest absolute Gasteiger partial charge is 0.418 e. The van der Waals surface area contributed by atoms with E-state index in [2.05, 4.69) is 10.6 Å². The molecular weight excluding hydrogens is 429 g/mol. The molecule has 0 spiro atoms. The number of carbonyl (C=O) groups excluding carboxylic acids is 2. The Bertz CT molecular complexity index is 1020. The monoisotopic (exact) mass is 450 g/mol. The number of halogens is 3. The molecule has 0 unspecified atom stereocenters. The Morgan fingerprint density at radius 3 is 2.38 bits per heavy atom. The van der Waals surface area contributed by atoms with E-state index < -0.39 is 47.6 Å². The van der Waals surface area contributed by atoms with Gasteiger partial charge in [-0.1, -0.05) is 12.1 Å². The zero-order valence-electron chi connectivity index (χ0n) is 17.1. The third-order valence-electron chi connectivity index (χ3n) is 5.17. The van der Waals surface area contributed by atoms with Gasteiger partial charge in [-0.05, 0) is 50.1 Å². The molecule has 10 heteroatoms. The summed E-state index contributed by atoms with van der Waals surface area (Å²) in [5, 5.41) is 4.72. The summed E-state index contributed by atoms with van der Waals surface area (Å²) in [5.41, 5.74) is -1.59. The van der Waals surface area contributed by atoms with E-state index in [1.54, 1.807) is 31.2 Å². The van der Waals surface area contributed by atoms with E-state index >= 15 is 0 Å². The highest BCUT2D eigenvalue weighted by molar-refractivity contribution is 5.97. The van der Waals surface area contributed by atoms with Gasteiger partial charge in [-0.2, -0.15) is 13.2 Å². The fourth-order valence-corrected chi connectivity index (χ4v) is 3.58. The van der Waals surface area contributed by atoms with Crippen LogP contribution in [0.25, 0.3) is 0 Å². The summed E-state index contributed by atoms with van der Waals surface area (Å²) in [6.45, 7) is 2.03. The van der Waals surface area contributed by atoms with Gasteiger partial charge in [0.1, 0.15) is 12.2 Å². The fourth-order valence-electron chi connectivity index (χ4n) is 3.58. The highest BCUT2D eigenvalue weighted by Gasteiger charge is 2.38. The van der Waals surface area contributed by atoms with Crippen molar-refractivity contribution in [3.63, 3.8) is 0 Å². The van der Waals surface area contributed by atoms with Crippen LogP contribution in [0.15, 0.2) is 42.5 Å². The predicted octanol–water partition coefficient (Wildman–Crippen LogP) is 3.99. The number of benzene rings is 2. The summed E-state index contributed by atoms with van der Waals surface area (Å²) in [4.78, 5) is 24.9. The first-order valence-corrected chi connectivity index (χ1v) is 10.1.